The molecule has 10 heteroatoms. The number of hydrogen-bond donors (Lipinski definition) is 4. The first-order valence-electron chi connectivity index (χ1n) is 12.5. The van der Waals surface area contributed by atoms with Crippen molar-refractivity contribution in [1.29, 1.82) is 0 Å². The number of fused-ring (bicyclic) bond motifs is 1. The highest BCUT2D eigenvalue weighted by Crippen LogP contribution is 2.39. The van der Waals surface area contributed by atoms with Gasteiger partial charge in [-0.05, 0) is 39.1 Å². The summed E-state index contributed by atoms with van der Waals surface area (Å²) in [5.74, 6) is 2.03. The number of aromatic amines is 1. The predicted molar refractivity (Wildman–Crippen MR) is 148 cm³/mol. The molecule has 5 rings (SSSR count). The number of aromatic nitrogens is 4. The smallest absolute Gasteiger partial charge is 0.230 e. The molecule has 2 aromatic heterocycles. The van der Waals surface area contributed by atoms with Crippen LogP contribution in [0.15, 0.2) is 42.7 Å². The van der Waals surface area contributed by atoms with Gasteiger partial charge in [0, 0.05) is 60.4 Å². The second kappa shape index (κ2) is 11.0. The summed E-state index contributed by atoms with van der Waals surface area (Å²) in [5.41, 5.74) is 11.7. The standard InChI is InChI=1S/C27H34N8O2/c1-35(2)11-10-29-21-15-23(36-3)22(14-19(21)28)33-27-31-16-30-26(34-27)24-18-6-4-5-7-20(18)32-25(24)17-8-12-37-13-9-17/h4-7,14-17,29,32H,8-13,28H2,1-3H3,(H,30,31,33,34). The van der Waals surface area contributed by atoms with E-state index in [-0.39, 0.29) is 0 Å². The van der Waals surface area contributed by atoms with Gasteiger partial charge in [-0.15, -0.1) is 0 Å². The zero-order valence-electron chi connectivity index (χ0n) is 21.5. The van der Waals surface area contributed by atoms with E-state index in [0.717, 1.165) is 67.0 Å². The molecule has 5 N–H and O–H groups in total. The number of nitrogens with two attached hydrogens (primary N) is 1. The lowest BCUT2D eigenvalue weighted by atomic mass is 9.93. The Morgan fingerprint density at radius 2 is 1.95 bits per heavy atom. The van der Waals surface area contributed by atoms with Crippen LogP contribution >= 0.6 is 0 Å². The Hall–Kier alpha value is -3.89. The molecule has 1 aliphatic rings. The molecule has 0 aliphatic carbocycles. The highest BCUT2D eigenvalue weighted by Gasteiger charge is 2.25. The van der Waals surface area contributed by atoms with Crippen molar-refractivity contribution in [3.05, 3.63) is 48.4 Å². The number of ether oxygens (including phenoxy) is 2. The molecule has 3 heterocycles. The van der Waals surface area contributed by atoms with Crippen LogP contribution < -0.4 is 21.1 Å². The van der Waals surface area contributed by atoms with Gasteiger partial charge in [0.25, 0.3) is 0 Å². The van der Waals surface area contributed by atoms with Gasteiger partial charge in [0.05, 0.1) is 24.2 Å². The van der Waals surface area contributed by atoms with Gasteiger partial charge in [-0.3, -0.25) is 0 Å². The fourth-order valence-electron chi connectivity index (χ4n) is 4.72. The summed E-state index contributed by atoms with van der Waals surface area (Å²) in [7, 11) is 5.69. The van der Waals surface area contributed by atoms with Gasteiger partial charge < -0.3 is 35.7 Å². The Morgan fingerprint density at radius 1 is 1.14 bits per heavy atom. The quantitative estimate of drug-likeness (QED) is 0.249. The Bertz CT molecular complexity index is 1360. The second-order valence-electron chi connectivity index (χ2n) is 9.47. The van der Waals surface area contributed by atoms with E-state index >= 15 is 0 Å². The van der Waals surface area contributed by atoms with Crippen LogP contribution in [0.25, 0.3) is 22.3 Å². The first-order valence-corrected chi connectivity index (χ1v) is 12.5. The Kier molecular flexibility index (Phi) is 7.38. The Labute approximate surface area is 216 Å². The molecule has 37 heavy (non-hydrogen) atoms. The highest BCUT2D eigenvalue weighted by molar-refractivity contribution is 5.96. The average Bonchev–Trinajstić information content (AvgIpc) is 3.30. The van der Waals surface area contributed by atoms with Crippen LogP contribution in [0.2, 0.25) is 0 Å². The third-order valence-corrected chi connectivity index (χ3v) is 6.65. The lowest BCUT2D eigenvalue weighted by Crippen LogP contribution is -2.21. The number of benzene rings is 2. The lowest BCUT2D eigenvalue weighted by Gasteiger charge is -2.22. The molecule has 1 fully saturated rings. The molecular weight excluding hydrogens is 468 g/mol. The maximum absolute atomic E-state index is 6.35. The van der Waals surface area contributed by atoms with Gasteiger partial charge in [0.2, 0.25) is 5.95 Å². The third kappa shape index (κ3) is 5.45. The van der Waals surface area contributed by atoms with Crippen molar-refractivity contribution < 1.29 is 9.47 Å². The van der Waals surface area contributed by atoms with Crippen molar-refractivity contribution in [3.8, 4) is 17.1 Å². The number of hydrogen-bond acceptors (Lipinski definition) is 9. The number of nitrogen functional groups attached to an aromatic ring is 1. The van der Waals surface area contributed by atoms with Crippen molar-refractivity contribution in [2.24, 2.45) is 0 Å². The molecular formula is C27H34N8O2. The maximum Gasteiger partial charge on any atom is 0.230 e. The van der Waals surface area contributed by atoms with Gasteiger partial charge in [0.15, 0.2) is 5.82 Å². The van der Waals surface area contributed by atoms with Crippen molar-refractivity contribution in [1.82, 2.24) is 24.8 Å². The van der Waals surface area contributed by atoms with Gasteiger partial charge in [-0.1, -0.05) is 18.2 Å². The summed E-state index contributed by atoms with van der Waals surface area (Å²) in [6.07, 6.45) is 3.45. The van der Waals surface area contributed by atoms with Crippen LogP contribution in [-0.2, 0) is 4.74 Å². The molecule has 0 spiro atoms. The molecule has 1 saturated heterocycles. The summed E-state index contributed by atoms with van der Waals surface area (Å²) < 4.78 is 11.2. The van der Waals surface area contributed by atoms with Crippen molar-refractivity contribution in [3.63, 3.8) is 0 Å². The molecule has 0 saturated carbocycles. The normalized spacial score (nSPS) is 14.3. The van der Waals surface area contributed by atoms with Crippen LogP contribution in [-0.4, -0.2) is 72.3 Å². The Morgan fingerprint density at radius 3 is 2.73 bits per heavy atom. The summed E-state index contributed by atoms with van der Waals surface area (Å²) in [6.45, 7) is 3.17. The van der Waals surface area contributed by atoms with Gasteiger partial charge in [-0.25, -0.2) is 9.97 Å². The number of methoxy groups -OCH3 is 1. The van der Waals surface area contributed by atoms with Gasteiger partial charge in [-0.2, -0.15) is 4.98 Å². The van der Waals surface area contributed by atoms with E-state index in [2.05, 4.69) is 42.6 Å². The molecule has 194 valence electrons. The lowest BCUT2D eigenvalue weighted by molar-refractivity contribution is 0.0847. The number of anilines is 4. The van der Waals surface area contributed by atoms with E-state index in [1.165, 1.54) is 6.33 Å². The molecule has 0 bridgehead atoms. The Balaban J connectivity index is 1.46. The average molecular weight is 503 g/mol. The summed E-state index contributed by atoms with van der Waals surface area (Å²) >= 11 is 0. The maximum atomic E-state index is 6.35. The zero-order valence-corrected chi connectivity index (χ0v) is 21.5. The van der Waals surface area contributed by atoms with E-state index < -0.39 is 0 Å². The minimum Gasteiger partial charge on any atom is -0.494 e. The largest absolute Gasteiger partial charge is 0.494 e. The van der Waals surface area contributed by atoms with Gasteiger partial charge in [0.1, 0.15) is 12.1 Å². The number of rotatable bonds is 9. The van der Waals surface area contributed by atoms with Crippen LogP contribution in [0.4, 0.5) is 23.0 Å². The molecule has 1 aliphatic heterocycles. The summed E-state index contributed by atoms with van der Waals surface area (Å²) in [5, 5.41) is 7.74. The number of nitrogens with zero attached hydrogens (tertiary/aromatic N) is 4. The molecule has 0 atom stereocenters. The second-order valence-corrected chi connectivity index (χ2v) is 9.47. The first-order chi connectivity index (χ1) is 18.0. The molecule has 2 aromatic carbocycles. The number of H-pyrrole nitrogens is 1. The van der Waals surface area contributed by atoms with Gasteiger partial charge >= 0.3 is 0 Å². The fraction of sp³-hybridized carbons (Fsp3) is 0.370. The molecule has 0 unspecified atom stereocenters. The summed E-state index contributed by atoms with van der Waals surface area (Å²) in [4.78, 5) is 19.5. The van der Waals surface area contributed by atoms with Crippen molar-refractivity contribution in [2.45, 2.75) is 18.8 Å². The number of nitrogens with one attached hydrogen (secondary N) is 3. The van der Waals surface area contributed by atoms with E-state index in [4.69, 9.17) is 20.2 Å². The monoisotopic (exact) mass is 502 g/mol. The topological polar surface area (TPSA) is 126 Å². The van der Waals surface area contributed by atoms with Crippen LogP contribution in [0.3, 0.4) is 0 Å². The predicted octanol–water partition coefficient (Wildman–Crippen LogP) is 4.22. The SMILES string of the molecule is COc1cc(NCCN(C)C)c(N)cc1Nc1ncnc(-c2c(C3CCOCC3)[nH]c3ccccc23)n1. The molecule has 0 amide bonds. The van der Waals surface area contributed by atoms with E-state index in [9.17, 15) is 0 Å². The van der Waals surface area contributed by atoms with Crippen LogP contribution in [0.5, 0.6) is 5.75 Å². The van der Waals surface area contributed by atoms with E-state index in [1.807, 2.05) is 38.4 Å². The fourth-order valence-corrected chi connectivity index (χ4v) is 4.72. The highest BCUT2D eigenvalue weighted by atomic mass is 16.5. The van der Waals surface area contributed by atoms with E-state index in [1.54, 1.807) is 7.11 Å². The molecule has 10 nitrogen and oxygen atoms in total. The summed E-state index contributed by atoms with van der Waals surface area (Å²) in [6, 6.07) is 12.0. The third-order valence-electron chi connectivity index (χ3n) is 6.65. The minimum atomic E-state index is 0.358. The van der Waals surface area contributed by atoms with Crippen molar-refractivity contribution in [2.75, 3.05) is 63.9 Å². The van der Waals surface area contributed by atoms with Crippen molar-refractivity contribution >= 4 is 33.9 Å². The van der Waals surface area contributed by atoms with E-state index in [0.29, 0.717) is 34.8 Å². The van der Waals surface area contributed by atoms with Crippen LogP contribution in [0.1, 0.15) is 24.5 Å². The zero-order chi connectivity index (χ0) is 25.8. The number of para-hydroxylation sites is 1. The molecule has 4 aromatic rings. The minimum absolute atomic E-state index is 0.358. The number of likely N-dealkylation sites (N-methyl/N-ethyl adjacent to an activating group) is 1. The van der Waals surface area contributed by atoms with Crippen LogP contribution in [0, 0.1) is 0 Å². The first kappa shape index (κ1) is 24.8. The molecule has 0 radical (unpaired) electrons.